The van der Waals surface area contributed by atoms with Crippen LogP contribution < -0.4 is 5.32 Å². The first-order valence-corrected chi connectivity index (χ1v) is 22.7. The zero-order valence-electron chi connectivity index (χ0n) is 35.8. The van der Waals surface area contributed by atoms with E-state index in [1.807, 2.05) is 54.7 Å². The van der Waals surface area contributed by atoms with E-state index >= 15 is 0 Å². The van der Waals surface area contributed by atoms with Crippen LogP contribution >= 0.6 is 0 Å². The van der Waals surface area contributed by atoms with Crippen LogP contribution in [-0.2, 0) is 14.3 Å². The summed E-state index contributed by atoms with van der Waals surface area (Å²) in [5, 5.41) is 23.5. The van der Waals surface area contributed by atoms with Crippen molar-refractivity contribution in [3.63, 3.8) is 0 Å². The van der Waals surface area contributed by atoms with Gasteiger partial charge in [-0.1, -0.05) is 209 Å². The average molecular weight is 768 g/mol. The second kappa shape index (κ2) is 42.4. The van der Waals surface area contributed by atoms with Crippen molar-refractivity contribution in [2.24, 2.45) is 0 Å². The lowest BCUT2D eigenvalue weighted by Crippen LogP contribution is -2.46. The molecular formula is C49H85NO5. The van der Waals surface area contributed by atoms with Crippen molar-refractivity contribution < 1.29 is 24.5 Å². The van der Waals surface area contributed by atoms with Crippen molar-refractivity contribution in [2.75, 3.05) is 6.61 Å². The average Bonchev–Trinajstić information content (AvgIpc) is 3.18. The summed E-state index contributed by atoms with van der Waals surface area (Å²) in [6, 6.07) is -0.740. The third-order valence-electron chi connectivity index (χ3n) is 9.90. The van der Waals surface area contributed by atoms with Gasteiger partial charge in [-0.15, -0.1) is 0 Å². The summed E-state index contributed by atoms with van der Waals surface area (Å²) in [7, 11) is 0. The van der Waals surface area contributed by atoms with E-state index in [1.54, 1.807) is 0 Å². The van der Waals surface area contributed by atoms with Crippen LogP contribution in [0.3, 0.4) is 0 Å². The number of amides is 1. The SMILES string of the molecule is CC/C=C/C=C/C=C\C=C/C=C/CC(CC(=O)NC(CO)C(O)CCCCCCCCCCC)OC(=O)CCCCCCC/C=C/CCCCCCCCC. The third-order valence-corrected chi connectivity index (χ3v) is 9.90. The molecular weight excluding hydrogens is 683 g/mol. The van der Waals surface area contributed by atoms with E-state index in [2.05, 4.69) is 44.3 Å². The molecule has 0 aliphatic rings. The van der Waals surface area contributed by atoms with E-state index in [9.17, 15) is 19.8 Å². The first-order chi connectivity index (χ1) is 27.0. The maximum absolute atomic E-state index is 13.1. The standard InChI is InChI=1S/C49H85NO5/c1-4-7-10-13-16-19-21-22-23-24-25-27-30-33-36-39-42-49(54)55-45(40-37-34-31-29-26-20-17-14-11-8-5-2)43-48(53)50-46(44-51)47(52)41-38-35-32-28-18-15-12-9-6-3/h8,11,14,17,20,23-24,26,29,31,34,37,45-47,51-52H,4-7,9-10,12-13,15-16,18-19,21-22,25,27-28,30,32-33,35-36,38-44H2,1-3H3,(H,50,53)/b11-8+,17-14+,24-23+,26-20-,31-29-,37-34+. The zero-order chi connectivity index (χ0) is 40.3. The lowest BCUT2D eigenvalue weighted by atomic mass is 10.0. The van der Waals surface area contributed by atoms with Gasteiger partial charge in [-0.3, -0.25) is 9.59 Å². The number of hydrogen-bond donors (Lipinski definition) is 3. The molecule has 0 rings (SSSR count). The van der Waals surface area contributed by atoms with Gasteiger partial charge in [0.15, 0.2) is 0 Å². The normalized spacial score (nSPS) is 14.1. The van der Waals surface area contributed by atoms with Gasteiger partial charge in [0, 0.05) is 12.8 Å². The Labute approximate surface area is 339 Å². The number of rotatable bonds is 39. The van der Waals surface area contributed by atoms with Crippen molar-refractivity contribution in [1.29, 1.82) is 0 Å². The van der Waals surface area contributed by atoms with Crippen LogP contribution in [0, 0.1) is 0 Å². The van der Waals surface area contributed by atoms with Gasteiger partial charge in [-0.2, -0.15) is 0 Å². The third kappa shape index (κ3) is 38.0. The van der Waals surface area contributed by atoms with E-state index in [1.165, 1.54) is 96.3 Å². The van der Waals surface area contributed by atoms with Crippen LogP contribution in [0.1, 0.15) is 201 Å². The van der Waals surface area contributed by atoms with Crippen LogP contribution in [-0.4, -0.2) is 46.9 Å². The smallest absolute Gasteiger partial charge is 0.306 e. The predicted molar refractivity (Wildman–Crippen MR) is 236 cm³/mol. The molecule has 55 heavy (non-hydrogen) atoms. The number of unbranched alkanes of at least 4 members (excludes halogenated alkanes) is 20. The Balaban J connectivity index is 4.71. The van der Waals surface area contributed by atoms with E-state index in [-0.39, 0.29) is 24.9 Å². The van der Waals surface area contributed by atoms with E-state index < -0.39 is 18.2 Å². The quantitative estimate of drug-likeness (QED) is 0.0250. The minimum Gasteiger partial charge on any atom is -0.461 e. The highest BCUT2D eigenvalue weighted by atomic mass is 16.5. The highest BCUT2D eigenvalue weighted by Crippen LogP contribution is 2.15. The Morgan fingerprint density at radius 1 is 0.564 bits per heavy atom. The maximum atomic E-state index is 13.1. The molecule has 6 heteroatoms. The number of aliphatic hydroxyl groups is 2. The van der Waals surface area contributed by atoms with E-state index in [4.69, 9.17) is 4.74 Å². The van der Waals surface area contributed by atoms with Crippen molar-refractivity contribution >= 4 is 11.9 Å². The second-order valence-corrected chi connectivity index (χ2v) is 15.2. The van der Waals surface area contributed by atoms with Crippen molar-refractivity contribution in [1.82, 2.24) is 5.32 Å². The minimum atomic E-state index is -0.818. The second-order valence-electron chi connectivity index (χ2n) is 15.2. The molecule has 0 saturated heterocycles. The van der Waals surface area contributed by atoms with E-state index in [0.717, 1.165) is 57.8 Å². The summed E-state index contributed by atoms with van der Waals surface area (Å²) >= 11 is 0. The summed E-state index contributed by atoms with van der Waals surface area (Å²) in [5.74, 6) is -0.624. The minimum absolute atomic E-state index is 0.0243. The largest absolute Gasteiger partial charge is 0.461 e. The van der Waals surface area contributed by atoms with Gasteiger partial charge in [-0.25, -0.2) is 0 Å². The molecule has 0 aromatic carbocycles. The van der Waals surface area contributed by atoms with Crippen LogP contribution in [0.2, 0.25) is 0 Å². The zero-order valence-corrected chi connectivity index (χ0v) is 35.8. The fourth-order valence-electron chi connectivity index (χ4n) is 6.44. The highest BCUT2D eigenvalue weighted by molar-refractivity contribution is 5.77. The number of nitrogens with one attached hydrogen (secondary N) is 1. The number of esters is 1. The van der Waals surface area contributed by atoms with Gasteiger partial charge >= 0.3 is 5.97 Å². The molecule has 316 valence electrons. The van der Waals surface area contributed by atoms with Gasteiger partial charge in [0.05, 0.1) is 25.2 Å². The summed E-state index contributed by atoms with van der Waals surface area (Å²) in [6.45, 7) is 6.25. The Hall–Kier alpha value is -2.70. The predicted octanol–water partition coefficient (Wildman–Crippen LogP) is 13.1. The molecule has 0 fully saturated rings. The van der Waals surface area contributed by atoms with Crippen molar-refractivity contribution in [2.45, 2.75) is 219 Å². The Morgan fingerprint density at radius 2 is 1.02 bits per heavy atom. The monoisotopic (exact) mass is 768 g/mol. The Bertz CT molecular complexity index is 1040. The molecule has 0 aliphatic carbocycles. The van der Waals surface area contributed by atoms with Crippen molar-refractivity contribution in [3.8, 4) is 0 Å². The molecule has 3 N–H and O–H groups in total. The van der Waals surface area contributed by atoms with Crippen LogP contribution in [0.4, 0.5) is 0 Å². The van der Waals surface area contributed by atoms with Crippen LogP contribution in [0.5, 0.6) is 0 Å². The lowest BCUT2D eigenvalue weighted by molar-refractivity contribution is -0.150. The summed E-state index contributed by atoms with van der Waals surface area (Å²) in [6.07, 6.45) is 52.8. The number of aliphatic hydroxyl groups excluding tert-OH is 2. The van der Waals surface area contributed by atoms with Crippen LogP contribution in [0.15, 0.2) is 72.9 Å². The molecule has 6 nitrogen and oxygen atoms in total. The molecule has 0 spiro atoms. The van der Waals surface area contributed by atoms with Gasteiger partial charge in [-0.05, 0) is 44.9 Å². The first-order valence-electron chi connectivity index (χ1n) is 22.7. The number of hydrogen-bond acceptors (Lipinski definition) is 5. The number of carbonyl (C=O) groups excluding carboxylic acids is 2. The fraction of sp³-hybridized carbons (Fsp3) is 0.714. The molecule has 0 heterocycles. The lowest BCUT2D eigenvalue weighted by Gasteiger charge is -2.24. The molecule has 3 unspecified atom stereocenters. The molecule has 0 saturated carbocycles. The summed E-state index contributed by atoms with van der Waals surface area (Å²) in [4.78, 5) is 25.9. The molecule has 0 bridgehead atoms. The van der Waals surface area contributed by atoms with Gasteiger partial charge < -0.3 is 20.3 Å². The maximum Gasteiger partial charge on any atom is 0.306 e. The van der Waals surface area contributed by atoms with Crippen LogP contribution in [0.25, 0.3) is 0 Å². The molecule has 0 radical (unpaired) electrons. The Morgan fingerprint density at radius 3 is 1.53 bits per heavy atom. The molecule has 0 aliphatic heterocycles. The van der Waals surface area contributed by atoms with Gasteiger partial charge in [0.2, 0.25) is 5.91 Å². The number of ether oxygens (including phenoxy) is 1. The molecule has 3 atom stereocenters. The Kier molecular flexibility index (Phi) is 40.4. The van der Waals surface area contributed by atoms with Crippen molar-refractivity contribution in [3.05, 3.63) is 72.9 Å². The molecule has 0 aromatic heterocycles. The van der Waals surface area contributed by atoms with Gasteiger partial charge in [0.25, 0.3) is 0 Å². The molecule has 0 aromatic rings. The van der Waals surface area contributed by atoms with Gasteiger partial charge in [0.1, 0.15) is 6.10 Å². The van der Waals surface area contributed by atoms with E-state index in [0.29, 0.717) is 19.3 Å². The highest BCUT2D eigenvalue weighted by Gasteiger charge is 2.23. The first kappa shape index (κ1) is 52.3. The fourth-order valence-corrected chi connectivity index (χ4v) is 6.44. The number of carbonyl (C=O) groups is 2. The molecule has 1 amide bonds. The topological polar surface area (TPSA) is 95.9 Å². The summed E-state index contributed by atoms with van der Waals surface area (Å²) < 4.78 is 5.81. The number of allylic oxidation sites excluding steroid dienone is 11. The summed E-state index contributed by atoms with van der Waals surface area (Å²) in [5.41, 5.74) is 0.